The van der Waals surface area contributed by atoms with Crippen LogP contribution in [0.15, 0.2) is 34.1 Å². The number of aromatic nitrogens is 3. The Kier molecular flexibility index (Phi) is 5.04. The van der Waals surface area contributed by atoms with Gasteiger partial charge in [0.2, 0.25) is 5.72 Å². The predicted octanol–water partition coefficient (Wildman–Crippen LogP) is 2.08. The maximum absolute atomic E-state index is 13.7. The zero-order valence-electron chi connectivity index (χ0n) is 19.3. The van der Waals surface area contributed by atoms with E-state index >= 15 is 0 Å². The van der Waals surface area contributed by atoms with Gasteiger partial charge in [-0.2, -0.15) is 5.10 Å². The van der Waals surface area contributed by atoms with Crippen molar-refractivity contribution >= 4 is 23.4 Å². The van der Waals surface area contributed by atoms with Gasteiger partial charge in [-0.05, 0) is 46.8 Å². The number of nitrogens with zero attached hydrogens (tertiary/aromatic N) is 4. The summed E-state index contributed by atoms with van der Waals surface area (Å²) in [6, 6.07) is 6.94. The van der Waals surface area contributed by atoms with E-state index in [1.165, 1.54) is 11.3 Å². The van der Waals surface area contributed by atoms with E-state index < -0.39 is 23.7 Å². The minimum Gasteiger partial charge on any atom is -0.466 e. The van der Waals surface area contributed by atoms with Crippen molar-refractivity contribution in [2.75, 3.05) is 6.61 Å². The minimum absolute atomic E-state index is 0.181. The van der Waals surface area contributed by atoms with Gasteiger partial charge in [-0.15, -0.1) is 0 Å². The van der Waals surface area contributed by atoms with Crippen molar-refractivity contribution < 1.29 is 14.3 Å². The van der Waals surface area contributed by atoms with Gasteiger partial charge >= 0.3 is 5.97 Å². The molecular weight excluding hydrogens is 440 g/mol. The first-order valence-corrected chi connectivity index (χ1v) is 11.9. The van der Waals surface area contributed by atoms with Gasteiger partial charge in [-0.3, -0.25) is 18.8 Å². The van der Waals surface area contributed by atoms with E-state index in [2.05, 4.69) is 5.10 Å². The summed E-state index contributed by atoms with van der Waals surface area (Å²) in [5.41, 5.74) is 2.23. The van der Waals surface area contributed by atoms with Crippen molar-refractivity contribution in [3.05, 3.63) is 66.5 Å². The molecule has 0 saturated carbocycles. The van der Waals surface area contributed by atoms with E-state index in [1.807, 2.05) is 55.8 Å². The lowest BCUT2D eigenvalue weighted by Gasteiger charge is -2.44. The fourth-order valence-corrected chi connectivity index (χ4v) is 5.98. The molecule has 1 aromatic carbocycles. The number of hydrogen-bond donors (Lipinski definition) is 0. The molecule has 0 fully saturated rings. The lowest BCUT2D eigenvalue weighted by molar-refractivity contribution is -0.160. The molecule has 172 valence electrons. The van der Waals surface area contributed by atoms with Gasteiger partial charge in [0, 0.05) is 23.4 Å². The maximum Gasteiger partial charge on any atom is 0.317 e. The van der Waals surface area contributed by atoms with E-state index in [0.29, 0.717) is 15.1 Å². The molecule has 2 aliphatic rings. The minimum atomic E-state index is -1.17. The normalized spacial score (nSPS) is 23.4. The Bertz CT molecular complexity index is 1450. The molecule has 3 atom stereocenters. The Morgan fingerprint density at radius 1 is 1.30 bits per heavy atom. The number of ether oxygens (including phenoxy) is 2. The van der Waals surface area contributed by atoms with Crippen LogP contribution in [0.3, 0.4) is 0 Å². The summed E-state index contributed by atoms with van der Waals surface area (Å²) in [7, 11) is 0. The number of rotatable bonds is 4. The number of benzene rings is 1. The van der Waals surface area contributed by atoms with E-state index in [0.717, 1.165) is 29.1 Å². The molecule has 0 amide bonds. The number of para-hydroxylation sites is 1. The Labute approximate surface area is 194 Å². The van der Waals surface area contributed by atoms with Crippen LogP contribution < -0.4 is 19.6 Å². The van der Waals surface area contributed by atoms with Gasteiger partial charge in [0.1, 0.15) is 11.7 Å². The smallest absolute Gasteiger partial charge is 0.317 e. The fraction of sp³-hybridized carbons (Fsp3) is 0.417. The van der Waals surface area contributed by atoms with Crippen LogP contribution in [-0.2, 0) is 16.1 Å². The monoisotopic (exact) mass is 466 g/mol. The second-order valence-corrected chi connectivity index (χ2v) is 9.46. The topological polar surface area (TPSA) is 87.7 Å². The summed E-state index contributed by atoms with van der Waals surface area (Å²) >= 11 is 1.31. The lowest BCUT2D eigenvalue weighted by atomic mass is 9.81. The van der Waals surface area contributed by atoms with Crippen molar-refractivity contribution in [3.8, 4) is 5.75 Å². The third-order valence-corrected chi connectivity index (χ3v) is 7.42. The molecule has 0 spiro atoms. The molecule has 5 rings (SSSR count). The number of carbonyl (C=O) groups is 1. The fourth-order valence-electron chi connectivity index (χ4n) is 4.90. The van der Waals surface area contributed by atoms with Crippen LogP contribution in [0, 0.1) is 19.8 Å². The Balaban J connectivity index is 1.78. The van der Waals surface area contributed by atoms with E-state index in [-0.39, 0.29) is 12.2 Å². The molecule has 4 heterocycles. The van der Waals surface area contributed by atoms with E-state index in [1.54, 1.807) is 18.4 Å². The molecule has 3 aromatic rings. The molecule has 33 heavy (non-hydrogen) atoms. The Hall–Kier alpha value is -3.20. The molecule has 0 saturated heterocycles. The maximum atomic E-state index is 13.7. The summed E-state index contributed by atoms with van der Waals surface area (Å²) in [6.45, 7) is 10.5. The summed E-state index contributed by atoms with van der Waals surface area (Å²) in [5.74, 6) is -0.570. The average Bonchev–Trinajstić information content (AvgIpc) is 3.22. The molecule has 0 aliphatic carbocycles. The highest BCUT2D eigenvalue weighted by molar-refractivity contribution is 7.07. The summed E-state index contributed by atoms with van der Waals surface area (Å²) in [6.07, 6.45) is 1.89. The van der Waals surface area contributed by atoms with E-state index in [9.17, 15) is 9.59 Å². The molecule has 2 bridgehead atoms. The summed E-state index contributed by atoms with van der Waals surface area (Å²) in [4.78, 5) is 32.1. The van der Waals surface area contributed by atoms with Gasteiger partial charge in [-0.25, -0.2) is 4.99 Å². The van der Waals surface area contributed by atoms with Crippen LogP contribution in [-0.4, -0.2) is 32.6 Å². The Morgan fingerprint density at radius 2 is 2.06 bits per heavy atom. The summed E-state index contributed by atoms with van der Waals surface area (Å²) < 4.78 is 15.7. The molecule has 0 radical (unpaired) electrons. The highest BCUT2D eigenvalue weighted by atomic mass is 32.1. The predicted molar refractivity (Wildman–Crippen MR) is 124 cm³/mol. The average molecular weight is 467 g/mol. The first kappa shape index (κ1) is 21.6. The van der Waals surface area contributed by atoms with Gasteiger partial charge in [0.25, 0.3) is 5.56 Å². The number of fused-ring (bicyclic) bond motifs is 6. The second-order valence-electron chi connectivity index (χ2n) is 8.45. The highest BCUT2D eigenvalue weighted by Crippen LogP contribution is 2.47. The molecule has 8 nitrogen and oxygen atoms in total. The zero-order chi connectivity index (χ0) is 23.5. The van der Waals surface area contributed by atoms with Crippen molar-refractivity contribution in [3.63, 3.8) is 0 Å². The van der Waals surface area contributed by atoms with Gasteiger partial charge in [-0.1, -0.05) is 29.5 Å². The van der Waals surface area contributed by atoms with Crippen molar-refractivity contribution in [2.24, 2.45) is 10.9 Å². The SMILES string of the molecule is CCOC(=O)[C@H]1[C@H]2c3ccccc3O[C@@]1(C)N=c1s/c(=C\c3c(C)nn(CC)c3C)c(=O)n12. The van der Waals surface area contributed by atoms with Crippen molar-refractivity contribution in [2.45, 2.75) is 52.9 Å². The number of carbonyl (C=O) groups excluding carboxylic acids is 1. The van der Waals surface area contributed by atoms with Gasteiger partial charge in [0.15, 0.2) is 4.80 Å². The lowest BCUT2D eigenvalue weighted by Crippen LogP contribution is -2.58. The van der Waals surface area contributed by atoms with Crippen LogP contribution in [0.5, 0.6) is 5.75 Å². The van der Waals surface area contributed by atoms with Crippen LogP contribution in [0.4, 0.5) is 0 Å². The first-order chi connectivity index (χ1) is 15.8. The molecule has 2 aromatic heterocycles. The molecule has 0 unspecified atom stereocenters. The van der Waals surface area contributed by atoms with Gasteiger partial charge in [0.05, 0.1) is 22.9 Å². The van der Waals surface area contributed by atoms with Crippen molar-refractivity contribution in [1.82, 2.24) is 14.3 Å². The van der Waals surface area contributed by atoms with Crippen LogP contribution >= 0.6 is 11.3 Å². The third-order valence-electron chi connectivity index (χ3n) is 6.43. The standard InChI is InChI=1S/C24H26N4O4S/c1-6-27-14(4)16(13(3)26-27)12-18-21(29)28-20-15-10-8-9-11-17(15)32-24(5,25-23(28)33-18)19(20)22(30)31-7-2/h8-12,19-20H,6-7H2,1-5H3/b18-12-/t19-,20-,24-/m1/s1. The van der Waals surface area contributed by atoms with Crippen LogP contribution in [0.2, 0.25) is 0 Å². The van der Waals surface area contributed by atoms with Crippen LogP contribution in [0.25, 0.3) is 6.08 Å². The third kappa shape index (κ3) is 3.17. The second kappa shape index (κ2) is 7.69. The van der Waals surface area contributed by atoms with Crippen LogP contribution in [0.1, 0.15) is 49.3 Å². The zero-order valence-corrected chi connectivity index (χ0v) is 20.1. The largest absolute Gasteiger partial charge is 0.466 e. The summed E-state index contributed by atoms with van der Waals surface area (Å²) in [5, 5.41) is 4.56. The number of hydrogen-bond acceptors (Lipinski definition) is 7. The molecular formula is C24H26N4O4S. The molecule has 9 heteroatoms. The number of esters is 1. The number of thiazole rings is 1. The van der Waals surface area contributed by atoms with Crippen molar-refractivity contribution in [1.29, 1.82) is 0 Å². The van der Waals surface area contributed by atoms with Gasteiger partial charge < -0.3 is 9.47 Å². The first-order valence-electron chi connectivity index (χ1n) is 11.1. The number of aryl methyl sites for hydroxylation is 2. The molecule has 2 aliphatic heterocycles. The highest BCUT2D eigenvalue weighted by Gasteiger charge is 2.55. The molecule has 0 N–H and O–H groups in total. The van der Waals surface area contributed by atoms with E-state index in [4.69, 9.17) is 14.5 Å². The Morgan fingerprint density at radius 3 is 2.76 bits per heavy atom. The quantitative estimate of drug-likeness (QED) is 0.550.